The fraction of sp³-hybridized carbons (Fsp3) is 0.333. The van der Waals surface area contributed by atoms with Gasteiger partial charge in [0.25, 0.3) is 0 Å². The van der Waals surface area contributed by atoms with Gasteiger partial charge in [-0.05, 0) is 31.0 Å². The predicted octanol–water partition coefficient (Wildman–Crippen LogP) is 3.59. The molecular weight excluding hydrogens is 279 g/mol. The maximum atomic E-state index is 13.6. The van der Waals surface area contributed by atoms with E-state index in [0.29, 0.717) is 12.2 Å². The number of ether oxygens (including phenoxy) is 1. The van der Waals surface area contributed by atoms with Crippen molar-refractivity contribution in [2.24, 2.45) is 0 Å². The van der Waals surface area contributed by atoms with Gasteiger partial charge in [0.15, 0.2) is 0 Å². The first kappa shape index (κ1) is 14.9. The van der Waals surface area contributed by atoms with Crippen molar-refractivity contribution in [3.05, 3.63) is 59.9 Å². The zero-order valence-corrected chi connectivity index (χ0v) is 12.5. The van der Waals surface area contributed by atoms with Gasteiger partial charge in [-0.1, -0.05) is 30.3 Å². The second-order valence-corrected chi connectivity index (χ2v) is 5.65. The molecule has 1 saturated heterocycles. The molecule has 22 heavy (non-hydrogen) atoms. The molecule has 4 heteroatoms. The SMILES string of the molecule is Nc1ccccc1N1CCC(OCc2ccccc2F)CC1. The van der Waals surface area contributed by atoms with E-state index in [1.54, 1.807) is 12.1 Å². The third kappa shape index (κ3) is 3.39. The normalized spacial score (nSPS) is 16.0. The zero-order chi connectivity index (χ0) is 15.4. The second-order valence-electron chi connectivity index (χ2n) is 5.65. The molecule has 1 aliphatic rings. The average Bonchev–Trinajstić information content (AvgIpc) is 2.55. The summed E-state index contributed by atoms with van der Waals surface area (Å²) < 4.78 is 19.4. The minimum absolute atomic E-state index is 0.181. The van der Waals surface area contributed by atoms with Crippen LogP contribution < -0.4 is 10.6 Å². The summed E-state index contributed by atoms with van der Waals surface area (Å²) >= 11 is 0. The quantitative estimate of drug-likeness (QED) is 0.877. The molecule has 0 amide bonds. The monoisotopic (exact) mass is 300 g/mol. The van der Waals surface area contributed by atoms with E-state index in [0.717, 1.165) is 37.3 Å². The number of halogens is 1. The Kier molecular flexibility index (Phi) is 4.59. The molecule has 3 rings (SSSR count). The van der Waals surface area contributed by atoms with Gasteiger partial charge in [-0.3, -0.25) is 0 Å². The first-order chi connectivity index (χ1) is 10.7. The fourth-order valence-electron chi connectivity index (χ4n) is 2.86. The standard InChI is InChI=1S/C18H21FN2O/c19-16-6-2-1-5-14(16)13-22-15-9-11-21(12-10-15)18-8-4-3-7-17(18)20/h1-8,15H,9-13,20H2. The topological polar surface area (TPSA) is 38.5 Å². The van der Waals surface area contributed by atoms with Crippen LogP contribution in [0.1, 0.15) is 18.4 Å². The average molecular weight is 300 g/mol. The number of benzene rings is 2. The number of nitrogens with two attached hydrogens (primary N) is 1. The minimum atomic E-state index is -0.197. The van der Waals surface area contributed by atoms with Crippen molar-refractivity contribution in [1.29, 1.82) is 0 Å². The molecule has 0 aliphatic carbocycles. The molecule has 3 nitrogen and oxygen atoms in total. The van der Waals surface area contributed by atoms with E-state index in [1.807, 2.05) is 24.3 Å². The van der Waals surface area contributed by atoms with Crippen LogP contribution in [0.25, 0.3) is 0 Å². The number of piperidine rings is 1. The lowest BCUT2D eigenvalue weighted by molar-refractivity contribution is 0.0238. The van der Waals surface area contributed by atoms with Crippen LogP contribution in [0.2, 0.25) is 0 Å². The number of rotatable bonds is 4. The molecule has 0 radical (unpaired) electrons. The zero-order valence-electron chi connectivity index (χ0n) is 12.5. The minimum Gasteiger partial charge on any atom is -0.397 e. The van der Waals surface area contributed by atoms with E-state index in [-0.39, 0.29) is 11.9 Å². The smallest absolute Gasteiger partial charge is 0.128 e. The molecule has 1 fully saturated rings. The molecule has 0 bridgehead atoms. The van der Waals surface area contributed by atoms with Crippen molar-refractivity contribution >= 4 is 11.4 Å². The number of anilines is 2. The molecule has 0 unspecified atom stereocenters. The molecule has 2 aromatic carbocycles. The van der Waals surface area contributed by atoms with E-state index in [4.69, 9.17) is 10.5 Å². The molecule has 0 atom stereocenters. The number of nitrogen functional groups attached to an aromatic ring is 1. The highest BCUT2D eigenvalue weighted by Crippen LogP contribution is 2.26. The molecule has 0 spiro atoms. The Morgan fingerprint density at radius 1 is 1.05 bits per heavy atom. The van der Waals surface area contributed by atoms with Gasteiger partial charge in [0.05, 0.1) is 24.1 Å². The van der Waals surface area contributed by atoms with Crippen molar-refractivity contribution in [3.8, 4) is 0 Å². The third-order valence-electron chi connectivity index (χ3n) is 4.15. The van der Waals surface area contributed by atoms with Crippen LogP contribution in [0.15, 0.2) is 48.5 Å². The van der Waals surface area contributed by atoms with Gasteiger partial charge in [0.1, 0.15) is 5.82 Å². The summed E-state index contributed by atoms with van der Waals surface area (Å²) in [5.41, 5.74) is 8.55. The Morgan fingerprint density at radius 2 is 1.73 bits per heavy atom. The van der Waals surface area contributed by atoms with Crippen LogP contribution in [0.5, 0.6) is 0 Å². The lowest BCUT2D eigenvalue weighted by atomic mass is 10.1. The summed E-state index contributed by atoms with van der Waals surface area (Å²) in [4.78, 5) is 2.29. The van der Waals surface area contributed by atoms with E-state index >= 15 is 0 Å². The molecule has 116 valence electrons. The first-order valence-corrected chi connectivity index (χ1v) is 7.68. The van der Waals surface area contributed by atoms with Gasteiger partial charge in [-0.15, -0.1) is 0 Å². The fourth-order valence-corrected chi connectivity index (χ4v) is 2.86. The lowest BCUT2D eigenvalue weighted by Gasteiger charge is -2.34. The predicted molar refractivity (Wildman–Crippen MR) is 87.3 cm³/mol. The molecule has 1 aliphatic heterocycles. The molecule has 0 aromatic heterocycles. The van der Waals surface area contributed by atoms with Crippen LogP contribution in [0.4, 0.5) is 15.8 Å². The summed E-state index contributed by atoms with van der Waals surface area (Å²) in [6.45, 7) is 2.16. The van der Waals surface area contributed by atoms with E-state index in [9.17, 15) is 4.39 Å². The van der Waals surface area contributed by atoms with Crippen molar-refractivity contribution in [2.75, 3.05) is 23.7 Å². The molecule has 0 saturated carbocycles. The highest BCUT2D eigenvalue weighted by molar-refractivity contribution is 5.67. The Bertz CT molecular complexity index is 624. The van der Waals surface area contributed by atoms with Gasteiger partial charge < -0.3 is 15.4 Å². The largest absolute Gasteiger partial charge is 0.397 e. The van der Waals surface area contributed by atoms with E-state index in [1.165, 1.54) is 6.07 Å². The Hall–Kier alpha value is -2.07. The van der Waals surface area contributed by atoms with Crippen molar-refractivity contribution < 1.29 is 9.13 Å². The van der Waals surface area contributed by atoms with Gasteiger partial charge in [0.2, 0.25) is 0 Å². The van der Waals surface area contributed by atoms with E-state index < -0.39 is 0 Å². The van der Waals surface area contributed by atoms with Crippen molar-refractivity contribution in [1.82, 2.24) is 0 Å². The van der Waals surface area contributed by atoms with E-state index in [2.05, 4.69) is 11.0 Å². The highest BCUT2D eigenvalue weighted by Gasteiger charge is 2.21. The number of nitrogens with zero attached hydrogens (tertiary/aromatic N) is 1. The number of para-hydroxylation sites is 2. The Balaban J connectivity index is 1.52. The summed E-state index contributed by atoms with van der Waals surface area (Å²) in [7, 11) is 0. The second kappa shape index (κ2) is 6.79. The van der Waals surface area contributed by atoms with Crippen LogP contribution >= 0.6 is 0 Å². The molecule has 2 aromatic rings. The molecular formula is C18H21FN2O. The van der Waals surface area contributed by atoms with Gasteiger partial charge in [0, 0.05) is 18.7 Å². The van der Waals surface area contributed by atoms with Crippen LogP contribution in [-0.4, -0.2) is 19.2 Å². The maximum Gasteiger partial charge on any atom is 0.128 e. The maximum absolute atomic E-state index is 13.6. The number of hydrogen-bond donors (Lipinski definition) is 1. The Morgan fingerprint density at radius 3 is 2.45 bits per heavy atom. The van der Waals surface area contributed by atoms with Crippen molar-refractivity contribution in [3.63, 3.8) is 0 Å². The summed E-state index contributed by atoms with van der Waals surface area (Å²) in [5, 5.41) is 0. The summed E-state index contributed by atoms with van der Waals surface area (Å²) in [6.07, 6.45) is 2.05. The molecule has 2 N–H and O–H groups in total. The molecule has 1 heterocycles. The van der Waals surface area contributed by atoms with Crippen LogP contribution in [0.3, 0.4) is 0 Å². The van der Waals surface area contributed by atoms with Gasteiger partial charge >= 0.3 is 0 Å². The van der Waals surface area contributed by atoms with Crippen LogP contribution in [-0.2, 0) is 11.3 Å². The van der Waals surface area contributed by atoms with Gasteiger partial charge in [-0.2, -0.15) is 0 Å². The summed E-state index contributed by atoms with van der Waals surface area (Å²) in [6, 6.07) is 14.7. The first-order valence-electron chi connectivity index (χ1n) is 7.68. The Labute approximate surface area is 130 Å². The van der Waals surface area contributed by atoms with Gasteiger partial charge in [-0.25, -0.2) is 4.39 Å². The highest BCUT2D eigenvalue weighted by atomic mass is 19.1. The van der Waals surface area contributed by atoms with Crippen molar-refractivity contribution in [2.45, 2.75) is 25.6 Å². The summed E-state index contributed by atoms with van der Waals surface area (Å²) in [5.74, 6) is -0.197. The third-order valence-corrected chi connectivity index (χ3v) is 4.15. The number of hydrogen-bond acceptors (Lipinski definition) is 3. The van der Waals surface area contributed by atoms with Crippen LogP contribution in [0, 0.1) is 5.82 Å². The lowest BCUT2D eigenvalue weighted by Crippen LogP contribution is -2.37.